The molecule has 0 heterocycles. The number of carboxylic acid groups (broad SMARTS) is 2. The molecule has 0 bridgehead atoms. The van der Waals surface area contributed by atoms with Crippen molar-refractivity contribution in [3.05, 3.63) is 35.4 Å². The van der Waals surface area contributed by atoms with E-state index in [1.165, 1.54) is 38.1 Å². The Balaban J connectivity index is 2.99. The zero-order chi connectivity index (χ0) is 16.9. The van der Waals surface area contributed by atoms with Gasteiger partial charge in [-0.25, -0.2) is 0 Å². The van der Waals surface area contributed by atoms with Gasteiger partial charge >= 0.3 is 11.9 Å². The van der Waals surface area contributed by atoms with E-state index >= 15 is 0 Å². The zero-order valence-corrected chi connectivity index (χ0v) is 12.0. The second-order valence-electron chi connectivity index (χ2n) is 4.61. The maximum absolute atomic E-state index is 12.0. The molecule has 8 heteroatoms. The first kappa shape index (κ1) is 17.2. The molecule has 0 fully saturated rings. The third-order valence-electron chi connectivity index (χ3n) is 2.85. The summed E-state index contributed by atoms with van der Waals surface area (Å²) in [5.74, 6) is -3.89. The second kappa shape index (κ2) is 7.21. The van der Waals surface area contributed by atoms with Crippen LogP contribution >= 0.6 is 0 Å². The number of hydrogen-bond donors (Lipinski definition) is 4. The van der Waals surface area contributed by atoms with Gasteiger partial charge in [0, 0.05) is 0 Å². The summed E-state index contributed by atoms with van der Waals surface area (Å²) >= 11 is 0. The number of amides is 2. The van der Waals surface area contributed by atoms with E-state index in [0.29, 0.717) is 0 Å². The average molecular weight is 308 g/mol. The molecule has 8 nitrogen and oxygen atoms in total. The van der Waals surface area contributed by atoms with Crippen LogP contribution in [0.2, 0.25) is 0 Å². The third kappa shape index (κ3) is 4.30. The van der Waals surface area contributed by atoms with Gasteiger partial charge in [0.2, 0.25) is 0 Å². The maximum atomic E-state index is 12.0. The molecule has 118 valence electrons. The summed E-state index contributed by atoms with van der Waals surface area (Å²) in [5.41, 5.74) is -0.0728. The molecule has 0 aliphatic carbocycles. The summed E-state index contributed by atoms with van der Waals surface area (Å²) in [4.78, 5) is 45.6. The van der Waals surface area contributed by atoms with Crippen LogP contribution in [0.4, 0.5) is 0 Å². The van der Waals surface area contributed by atoms with Gasteiger partial charge < -0.3 is 20.8 Å². The van der Waals surface area contributed by atoms with Crippen LogP contribution in [0.15, 0.2) is 24.3 Å². The lowest BCUT2D eigenvalue weighted by Crippen LogP contribution is -2.41. The molecule has 0 aliphatic rings. The number of carbonyl (C=O) groups excluding carboxylic acids is 2. The first-order valence-electron chi connectivity index (χ1n) is 6.40. The van der Waals surface area contributed by atoms with Crippen molar-refractivity contribution < 1.29 is 29.4 Å². The molecule has 1 aromatic carbocycles. The van der Waals surface area contributed by atoms with E-state index < -0.39 is 35.8 Å². The summed E-state index contributed by atoms with van der Waals surface area (Å²) in [6, 6.07) is 3.48. The molecule has 0 radical (unpaired) electrons. The van der Waals surface area contributed by atoms with Crippen LogP contribution in [0.25, 0.3) is 0 Å². The van der Waals surface area contributed by atoms with Gasteiger partial charge in [-0.05, 0) is 26.0 Å². The molecular formula is C14H16N2O6. The van der Waals surface area contributed by atoms with Crippen molar-refractivity contribution in [2.24, 2.45) is 0 Å². The molecule has 0 unspecified atom stereocenters. The van der Waals surface area contributed by atoms with Crippen LogP contribution in [0.5, 0.6) is 0 Å². The predicted octanol–water partition coefficient (Wildman–Crippen LogP) is 0.0924. The van der Waals surface area contributed by atoms with Gasteiger partial charge in [0.05, 0.1) is 11.1 Å². The lowest BCUT2D eigenvalue weighted by molar-refractivity contribution is -0.139. The largest absolute Gasteiger partial charge is 0.480 e. The van der Waals surface area contributed by atoms with Crippen molar-refractivity contribution in [3.8, 4) is 0 Å². The summed E-state index contributed by atoms with van der Waals surface area (Å²) in [6.07, 6.45) is 0. The Morgan fingerprint density at radius 2 is 1.14 bits per heavy atom. The van der Waals surface area contributed by atoms with Crippen molar-refractivity contribution in [2.75, 3.05) is 0 Å². The van der Waals surface area contributed by atoms with Crippen LogP contribution in [-0.2, 0) is 9.59 Å². The van der Waals surface area contributed by atoms with E-state index in [2.05, 4.69) is 10.6 Å². The van der Waals surface area contributed by atoms with Gasteiger partial charge in [-0.2, -0.15) is 0 Å². The fourth-order valence-electron chi connectivity index (χ4n) is 1.55. The summed E-state index contributed by atoms with van der Waals surface area (Å²) < 4.78 is 0. The first-order chi connectivity index (χ1) is 10.2. The highest BCUT2D eigenvalue weighted by Gasteiger charge is 2.22. The lowest BCUT2D eigenvalue weighted by atomic mass is 10.1. The van der Waals surface area contributed by atoms with Crippen molar-refractivity contribution in [1.29, 1.82) is 0 Å². The average Bonchev–Trinajstić information content (AvgIpc) is 2.46. The van der Waals surface area contributed by atoms with E-state index in [4.69, 9.17) is 10.2 Å². The van der Waals surface area contributed by atoms with Gasteiger partial charge in [-0.15, -0.1) is 0 Å². The summed E-state index contributed by atoms with van der Waals surface area (Å²) in [6.45, 7) is 2.57. The smallest absolute Gasteiger partial charge is 0.325 e. The van der Waals surface area contributed by atoms with E-state index in [1.54, 1.807) is 0 Å². The van der Waals surface area contributed by atoms with E-state index in [0.717, 1.165) is 0 Å². The molecule has 0 saturated carbocycles. The minimum atomic E-state index is -1.21. The lowest BCUT2D eigenvalue weighted by Gasteiger charge is -2.14. The quantitative estimate of drug-likeness (QED) is 0.589. The molecule has 0 saturated heterocycles. The van der Waals surface area contributed by atoms with Crippen LogP contribution in [-0.4, -0.2) is 46.0 Å². The Hall–Kier alpha value is -2.90. The Bertz CT molecular complexity index is 560. The maximum Gasteiger partial charge on any atom is 0.325 e. The molecule has 0 aromatic heterocycles. The van der Waals surface area contributed by atoms with Gasteiger partial charge in [-0.1, -0.05) is 12.1 Å². The van der Waals surface area contributed by atoms with Crippen molar-refractivity contribution in [2.45, 2.75) is 25.9 Å². The molecule has 0 aliphatic heterocycles. The highest BCUT2D eigenvalue weighted by molar-refractivity contribution is 6.08. The molecule has 1 rings (SSSR count). The second-order valence-corrected chi connectivity index (χ2v) is 4.61. The fraction of sp³-hybridized carbons (Fsp3) is 0.286. The molecule has 2 atom stereocenters. The van der Waals surface area contributed by atoms with E-state index in [-0.39, 0.29) is 11.1 Å². The van der Waals surface area contributed by atoms with Crippen LogP contribution in [0.1, 0.15) is 34.6 Å². The van der Waals surface area contributed by atoms with Crippen LogP contribution < -0.4 is 10.6 Å². The van der Waals surface area contributed by atoms with Gasteiger partial charge in [0.25, 0.3) is 11.8 Å². The number of carbonyl (C=O) groups is 4. The third-order valence-corrected chi connectivity index (χ3v) is 2.85. The fourth-order valence-corrected chi connectivity index (χ4v) is 1.55. The predicted molar refractivity (Wildman–Crippen MR) is 75.6 cm³/mol. The monoisotopic (exact) mass is 308 g/mol. The SMILES string of the molecule is C[C@H](NC(=O)c1ccccc1C(=O)N[C@@H](C)C(=O)O)C(=O)O. The number of nitrogens with one attached hydrogen (secondary N) is 2. The minimum absolute atomic E-state index is 0.0364. The standard InChI is InChI=1S/C14H16N2O6/c1-7(13(19)20)15-11(17)9-5-3-4-6-10(9)12(18)16-8(2)14(21)22/h3-8H,1-2H3,(H,15,17)(H,16,18)(H,19,20)(H,21,22)/t7-,8-/m0/s1. The topological polar surface area (TPSA) is 133 Å². The van der Waals surface area contributed by atoms with Crippen LogP contribution in [0.3, 0.4) is 0 Å². The normalized spacial score (nSPS) is 12.8. The van der Waals surface area contributed by atoms with Crippen molar-refractivity contribution in [3.63, 3.8) is 0 Å². The highest BCUT2D eigenvalue weighted by Crippen LogP contribution is 2.09. The molecule has 1 aromatic rings. The molecule has 4 N–H and O–H groups in total. The van der Waals surface area contributed by atoms with Gasteiger partial charge in [-0.3, -0.25) is 19.2 Å². The number of rotatable bonds is 6. The Kier molecular flexibility index (Phi) is 5.62. The number of hydrogen-bond acceptors (Lipinski definition) is 4. The number of carboxylic acids is 2. The Morgan fingerprint density at radius 1 is 0.818 bits per heavy atom. The number of benzene rings is 1. The Labute approximate surface area is 126 Å². The molecule has 22 heavy (non-hydrogen) atoms. The summed E-state index contributed by atoms with van der Waals surface area (Å²) in [5, 5.41) is 22.0. The molecular weight excluding hydrogens is 292 g/mol. The Morgan fingerprint density at radius 3 is 1.41 bits per heavy atom. The highest BCUT2D eigenvalue weighted by atomic mass is 16.4. The number of aliphatic carboxylic acids is 2. The zero-order valence-electron chi connectivity index (χ0n) is 12.0. The summed E-state index contributed by atoms with van der Waals surface area (Å²) in [7, 11) is 0. The van der Waals surface area contributed by atoms with Gasteiger partial charge in [0.15, 0.2) is 0 Å². The van der Waals surface area contributed by atoms with Crippen LogP contribution in [0, 0.1) is 0 Å². The first-order valence-corrected chi connectivity index (χ1v) is 6.40. The van der Waals surface area contributed by atoms with E-state index in [9.17, 15) is 19.2 Å². The molecule has 0 spiro atoms. The molecule has 2 amide bonds. The van der Waals surface area contributed by atoms with E-state index in [1.807, 2.05) is 0 Å². The van der Waals surface area contributed by atoms with Crippen molar-refractivity contribution >= 4 is 23.8 Å². The minimum Gasteiger partial charge on any atom is -0.480 e. The van der Waals surface area contributed by atoms with Gasteiger partial charge in [0.1, 0.15) is 12.1 Å². The van der Waals surface area contributed by atoms with Crippen molar-refractivity contribution in [1.82, 2.24) is 10.6 Å².